The molecule has 0 aliphatic rings. The first kappa shape index (κ1) is 11.4. The number of anilines is 1. The minimum atomic E-state index is 0.465. The van der Waals surface area contributed by atoms with Gasteiger partial charge in [0.2, 0.25) is 5.88 Å². The number of nitrogens with two attached hydrogens (primary N) is 1. The van der Waals surface area contributed by atoms with Crippen molar-refractivity contribution in [2.75, 3.05) is 5.43 Å². The molecule has 1 aromatic carbocycles. The van der Waals surface area contributed by atoms with Gasteiger partial charge < -0.3 is 10.2 Å². The third-order valence-electron chi connectivity index (χ3n) is 2.66. The molecule has 0 amide bonds. The highest BCUT2D eigenvalue weighted by molar-refractivity contribution is 5.79. The second kappa shape index (κ2) is 4.91. The van der Waals surface area contributed by atoms with Crippen LogP contribution in [0, 0.1) is 0 Å². The van der Waals surface area contributed by atoms with Crippen LogP contribution in [-0.2, 0) is 0 Å². The molecule has 2 heterocycles. The second-order valence-corrected chi connectivity index (χ2v) is 3.97. The molecule has 0 atom stereocenters. The first-order valence-corrected chi connectivity index (χ1v) is 5.81. The summed E-state index contributed by atoms with van der Waals surface area (Å²) in [6.45, 7) is 0. The zero-order valence-corrected chi connectivity index (χ0v) is 10.1. The SMILES string of the molecule is NNc1cccc(Oc2cnc3ccccc3c2)n1. The zero-order chi connectivity index (χ0) is 13.1. The molecule has 0 unspecified atom stereocenters. The molecule has 0 bridgehead atoms. The first-order chi connectivity index (χ1) is 9.35. The summed E-state index contributed by atoms with van der Waals surface area (Å²) in [6, 6.07) is 15.1. The number of pyridine rings is 2. The van der Waals surface area contributed by atoms with Crippen LogP contribution >= 0.6 is 0 Å². The highest BCUT2D eigenvalue weighted by Gasteiger charge is 2.02. The Bertz CT molecular complexity index is 714. The maximum absolute atomic E-state index is 5.66. The molecule has 3 aromatic rings. The van der Waals surface area contributed by atoms with E-state index in [2.05, 4.69) is 15.4 Å². The van der Waals surface area contributed by atoms with Crippen molar-refractivity contribution in [1.29, 1.82) is 0 Å². The topological polar surface area (TPSA) is 73.1 Å². The molecule has 2 aromatic heterocycles. The average Bonchev–Trinajstić information content (AvgIpc) is 2.47. The fourth-order valence-corrected chi connectivity index (χ4v) is 1.78. The van der Waals surface area contributed by atoms with Crippen LogP contribution in [0.25, 0.3) is 10.9 Å². The van der Waals surface area contributed by atoms with Crippen LogP contribution in [0.4, 0.5) is 5.82 Å². The highest BCUT2D eigenvalue weighted by atomic mass is 16.5. The quantitative estimate of drug-likeness (QED) is 0.554. The number of nitrogens with one attached hydrogen (secondary N) is 1. The molecule has 0 aliphatic carbocycles. The van der Waals surface area contributed by atoms with Crippen LogP contribution in [-0.4, -0.2) is 9.97 Å². The fraction of sp³-hybridized carbons (Fsp3) is 0. The van der Waals surface area contributed by atoms with Gasteiger partial charge in [-0.25, -0.2) is 5.84 Å². The van der Waals surface area contributed by atoms with E-state index in [0.29, 0.717) is 17.4 Å². The zero-order valence-electron chi connectivity index (χ0n) is 10.1. The molecular weight excluding hydrogens is 240 g/mol. The molecule has 19 heavy (non-hydrogen) atoms. The van der Waals surface area contributed by atoms with E-state index >= 15 is 0 Å². The van der Waals surface area contributed by atoms with Gasteiger partial charge in [0.05, 0.1) is 11.7 Å². The minimum absolute atomic E-state index is 0.465. The number of benzene rings is 1. The van der Waals surface area contributed by atoms with Gasteiger partial charge in [-0.3, -0.25) is 4.98 Å². The van der Waals surface area contributed by atoms with Gasteiger partial charge in [0.25, 0.3) is 0 Å². The lowest BCUT2D eigenvalue weighted by Crippen LogP contribution is -2.08. The summed E-state index contributed by atoms with van der Waals surface area (Å²) in [5.41, 5.74) is 3.41. The molecule has 3 N–H and O–H groups in total. The van der Waals surface area contributed by atoms with Gasteiger partial charge in [-0.2, -0.15) is 4.98 Å². The number of hydrazine groups is 1. The Kier molecular flexibility index (Phi) is 2.96. The van der Waals surface area contributed by atoms with E-state index in [4.69, 9.17) is 10.6 Å². The van der Waals surface area contributed by atoms with Gasteiger partial charge >= 0.3 is 0 Å². The number of aromatic nitrogens is 2. The van der Waals surface area contributed by atoms with Crippen LogP contribution in [0.3, 0.4) is 0 Å². The van der Waals surface area contributed by atoms with Crippen LogP contribution < -0.4 is 16.0 Å². The summed E-state index contributed by atoms with van der Waals surface area (Å²) in [5.74, 6) is 6.96. The number of hydrogen-bond donors (Lipinski definition) is 2. The van der Waals surface area contributed by atoms with Gasteiger partial charge in [-0.1, -0.05) is 24.3 Å². The van der Waals surface area contributed by atoms with Crippen molar-refractivity contribution >= 4 is 16.7 Å². The highest BCUT2D eigenvalue weighted by Crippen LogP contribution is 2.23. The van der Waals surface area contributed by atoms with Gasteiger partial charge in [-0.15, -0.1) is 0 Å². The Morgan fingerprint density at radius 1 is 1.05 bits per heavy atom. The van der Waals surface area contributed by atoms with E-state index in [-0.39, 0.29) is 0 Å². The summed E-state index contributed by atoms with van der Waals surface area (Å²) in [5, 5.41) is 1.02. The van der Waals surface area contributed by atoms with Crippen LogP contribution in [0.15, 0.2) is 54.7 Å². The molecule has 5 nitrogen and oxygen atoms in total. The molecule has 0 fully saturated rings. The number of nitrogen functional groups attached to an aromatic ring is 1. The van der Waals surface area contributed by atoms with E-state index in [1.165, 1.54) is 0 Å². The second-order valence-electron chi connectivity index (χ2n) is 3.97. The van der Waals surface area contributed by atoms with Crippen molar-refractivity contribution in [3.63, 3.8) is 0 Å². The minimum Gasteiger partial charge on any atom is -0.437 e. The predicted molar refractivity (Wildman–Crippen MR) is 73.9 cm³/mol. The third kappa shape index (κ3) is 2.46. The Hall–Kier alpha value is -2.66. The van der Waals surface area contributed by atoms with Crippen LogP contribution in [0.5, 0.6) is 11.6 Å². The van der Waals surface area contributed by atoms with Gasteiger partial charge in [0, 0.05) is 11.5 Å². The van der Waals surface area contributed by atoms with E-state index in [9.17, 15) is 0 Å². The third-order valence-corrected chi connectivity index (χ3v) is 2.66. The van der Waals surface area contributed by atoms with E-state index in [0.717, 1.165) is 10.9 Å². The smallest absolute Gasteiger partial charge is 0.221 e. The summed E-state index contributed by atoms with van der Waals surface area (Å²) in [6.07, 6.45) is 1.67. The molecule has 94 valence electrons. The predicted octanol–water partition coefficient (Wildman–Crippen LogP) is 2.71. The number of nitrogens with zero attached hydrogens (tertiary/aromatic N) is 2. The molecule has 0 saturated carbocycles. The standard InChI is InChI=1S/C14H12N4O/c15-18-13-6-3-7-14(17-13)19-11-8-10-4-1-2-5-12(10)16-9-11/h1-9H,15H2,(H,17,18). The largest absolute Gasteiger partial charge is 0.437 e. The van der Waals surface area contributed by atoms with Crippen LogP contribution in [0.2, 0.25) is 0 Å². The maximum Gasteiger partial charge on any atom is 0.221 e. The molecule has 0 spiro atoms. The number of para-hydroxylation sites is 1. The Morgan fingerprint density at radius 2 is 1.95 bits per heavy atom. The molecule has 3 rings (SSSR count). The lowest BCUT2D eigenvalue weighted by molar-refractivity contribution is 0.462. The summed E-state index contributed by atoms with van der Waals surface area (Å²) in [4.78, 5) is 8.51. The van der Waals surface area contributed by atoms with Gasteiger partial charge in [0.1, 0.15) is 11.6 Å². The lowest BCUT2D eigenvalue weighted by Gasteiger charge is -2.06. The van der Waals surface area contributed by atoms with Crippen molar-refractivity contribution in [3.8, 4) is 11.6 Å². The Balaban J connectivity index is 1.92. The monoisotopic (exact) mass is 252 g/mol. The number of rotatable bonds is 3. The number of ether oxygens (including phenoxy) is 1. The van der Waals surface area contributed by atoms with Crippen molar-refractivity contribution < 1.29 is 4.74 Å². The maximum atomic E-state index is 5.66. The van der Waals surface area contributed by atoms with Crippen molar-refractivity contribution in [3.05, 3.63) is 54.7 Å². The molecule has 0 aliphatic heterocycles. The number of fused-ring (bicyclic) bond motifs is 1. The summed E-state index contributed by atoms with van der Waals surface area (Å²) in [7, 11) is 0. The van der Waals surface area contributed by atoms with Crippen molar-refractivity contribution in [1.82, 2.24) is 9.97 Å². The molecule has 0 saturated heterocycles. The van der Waals surface area contributed by atoms with E-state index in [1.807, 2.05) is 36.4 Å². The van der Waals surface area contributed by atoms with Crippen molar-refractivity contribution in [2.45, 2.75) is 0 Å². The van der Waals surface area contributed by atoms with E-state index in [1.54, 1.807) is 18.3 Å². The summed E-state index contributed by atoms with van der Waals surface area (Å²) >= 11 is 0. The molecular formula is C14H12N4O. The lowest BCUT2D eigenvalue weighted by atomic mass is 10.2. The molecule has 0 radical (unpaired) electrons. The van der Waals surface area contributed by atoms with Crippen LogP contribution in [0.1, 0.15) is 0 Å². The average molecular weight is 252 g/mol. The Labute approximate surface area is 110 Å². The summed E-state index contributed by atoms with van der Waals surface area (Å²) < 4.78 is 5.66. The Morgan fingerprint density at radius 3 is 2.84 bits per heavy atom. The number of hydrogen-bond acceptors (Lipinski definition) is 5. The van der Waals surface area contributed by atoms with Gasteiger partial charge in [0.15, 0.2) is 0 Å². The fourth-order valence-electron chi connectivity index (χ4n) is 1.78. The first-order valence-electron chi connectivity index (χ1n) is 5.81. The van der Waals surface area contributed by atoms with Gasteiger partial charge in [-0.05, 0) is 18.2 Å². The normalized spacial score (nSPS) is 10.4. The molecule has 5 heteroatoms. The van der Waals surface area contributed by atoms with Crippen molar-refractivity contribution in [2.24, 2.45) is 5.84 Å². The van der Waals surface area contributed by atoms with E-state index < -0.39 is 0 Å².